The summed E-state index contributed by atoms with van der Waals surface area (Å²) in [6.07, 6.45) is 4.95. The number of benzene rings is 1. The molecule has 0 amide bonds. The molecule has 1 aromatic carbocycles. The fraction of sp³-hybridized carbons (Fsp3) is 0.353. The summed E-state index contributed by atoms with van der Waals surface area (Å²) in [5.74, 6) is 0. The molecule has 4 rings (SSSR count). The van der Waals surface area contributed by atoms with E-state index in [1.807, 2.05) is 0 Å². The molecule has 0 aliphatic heterocycles. The van der Waals surface area contributed by atoms with Gasteiger partial charge in [-0.05, 0) is 31.4 Å². The normalized spacial score (nSPS) is 14.9. The number of rotatable bonds is 5. The number of hydrogen-bond acceptors (Lipinski definition) is 3. The van der Waals surface area contributed by atoms with Crippen molar-refractivity contribution in [3.8, 4) is 0 Å². The van der Waals surface area contributed by atoms with Crippen LogP contribution in [-0.4, -0.2) is 15.6 Å². The molecule has 1 aliphatic carbocycles. The standard InChI is InChI=1S/C17H19N3S/c1-12-19-15(11-21-12)10-20-9-13(8-18-14-6-7-14)16-4-2-3-5-17(16)20/h2-5,9,11,14,18H,6-8,10H2,1H3. The molecular weight excluding hydrogens is 278 g/mol. The van der Waals surface area contributed by atoms with Crippen molar-refractivity contribution in [2.75, 3.05) is 0 Å². The van der Waals surface area contributed by atoms with Gasteiger partial charge in [0.15, 0.2) is 0 Å². The van der Waals surface area contributed by atoms with E-state index < -0.39 is 0 Å². The number of nitrogens with one attached hydrogen (secondary N) is 1. The number of hydrogen-bond donors (Lipinski definition) is 1. The van der Waals surface area contributed by atoms with Gasteiger partial charge < -0.3 is 9.88 Å². The van der Waals surface area contributed by atoms with Crippen LogP contribution < -0.4 is 5.32 Å². The lowest BCUT2D eigenvalue weighted by Gasteiger charge is -2.02. The Bertz CT molecular complexity index is 767. The highest BCUT2D eigenvalue weighted by Gasteiger charge is 2.20. The third-order valence-corrected chi connectivity index (χ3v) is 4.85. The number of aryl methyl sites for hydroxylation is 1. The van der Waals surface area contributed by atoms with E-state index in [-0.39, 0.29) is 0 Å². The van der Waals surface area contributed by atoms with Crippen molar-refractivity contribution in [3.05, 3.63) is 52.1 Å². The van der Waals surface area contributed by atoms with E-state index >= 15 is 0 Å². The van der Waals surface area contributed by atoms with E-state index in [0.717, 1.165) is 29.8 Å². The van der Waals surface area contributed by atoms with E-state index in [2.05, 4.69) is 57.6 Å². The molecule has 0 radical (unpaired) electrons. The first kappa shape index (κ1) is 13.0. The fourth-order valence-electron chi connectivity index (χ4n) is 2.79. The minimum Gasteiger partial charge on any atom is -0.341 e. The average Bonchev–Trinajstić information content (AvgIpc) is 3.15. The maximum absolute atomic E-state index is 4.59. The fourth-order valence-corrected chi connectivity index (χ4v) is 3.40. The van der Waals surface area contributed by atoms with E-state index in [9.17, 15) is 0 Å². The number of aromatic nitrogens is 2. The highest BCUT2D eigenvalue weighted by atomic mass is 32.1. The lowest BCUT2D eigenvalue weighted by atomic mass is 10.2. The summed E-state index contributed by atoms with van der Waals surface area (Å²) >= 11 is 1.72. The maximum Gasteiger partial charge on any atom is 0.0898 e. The summed E-state index contributed by atoms with van der Waals surface area (Å²) in [4.78, 5) is 4.59. The van der Waals surface area contributed by atoms with Crippen molar-refractivity contribution >= 4 is 22.2 Å². The molecule has 1 N–H and O–H groups in total. The van der Waals surface area contributed by atoms with Crippen LogP contribution in [0.3, 0.4) is 0 Å². The molecule has 21 heavy (non-hydrogen) atoms. The Kier molecular flexibility index (Phi) is 3.28. The van der Waals surface area contributed by atoms with Gasteiger partial charge in [-0.25, -0.2) is 4.98 Å². The van der Waals surface area contributed by atoms with Crippen LogP contribution in [0.25, 0.3) is 10.9 Å². The van der Waals surface area contributed by atoms with Gasteiger partial charge in [-0.3, -0.25) is 0 Å². The minimum absolute atomic E-state index is 0.744. The smallest absolute Gasteiger partial charge is 0.0898 e. The van der Waals surface area contributed by atoms with Gasteiger partial charge in [0, 0.05) is 35.1 Å². The van der Waals surface area contributed by atoms with Crippen LogP contribution in [0.15, 0.2) is 35.8 Å². The second-order valence-corrected chi connectivity index (χ2v) is 6.87. The molecule has 1 saturated carbocycles. The molecule has 0 bridgehead atoms. The zero-order valence-electron chi connectivity index (χ0n) is 12.2. The topological polar surface area (TPSA) is 29.9 Å². The van der Waals surface area contributed by atoms with E-state index in [0.29, 0.717) is 0 Å². The summed E-state index contributed by atoms with van der Waals surface area (Å²) < 4.78 is 2.33. The minimum atomic E-state index is 0.744. The molecule has 0 unspecified atom stereocenters. The highest BCUT2D eigenvalue weighted by molar-refractivity contribution is 7.09. The van der Waals surface area contributed by atoms with Crippen LogP contribution in [0, 0.1) is 6.92 Å². The SMILES string of the molecule is Cc1nc(Cn2cc(CNC3CC3)c3ccccc32)cs1. The number of para-hydroxylation sites is 1. The average molecular weight is 297 g/mol. The molecule has 1 aliphatic rings. The van der Waals surface area contributed by atoms with Gasteiger partial charge in [0.2, 0.25) is 0 Å². The monoisotopic (exact) mass is 297 g/mol. The van der Waals surface area contributed by atoms with Gasteiger partial charge in [0.1, 0.15) is 0 Å². The largest absolute Gasteiger partial charge is 0.341 e. The van der Waals surface area contributed by atoms with Crippen molar-refractivity contribution in [1.29, 1.82) is 0 Å². The van der Waals surface area contributed by atoms with Crippen LogP contribution in [0.5, 0.6) is 0 Å². The van der Waals surface area contributed by atoms with Crippen LogP contribution in [-0.2, 0) is 13.1 Å². The predicted octanol–water partition coefficient (Wildman–Crippen LogP) is 3.71. The zero-order chi connectivity index (χ0) is 14.2. The van der Waals surface area contributed by atoms with Crippen molar-refractivity contribution in [2.45, 2.75) is 38.9 Å². The molecular formula is C17H19N3S. The van der Waals surface area contributed by atoms with Crippen LogP contribution in [0.4, 0.5) is 0 Å². The highest BCUT2D eigenvalue weighted by Crippen LogP contribution is 2.25. The van der Waals surface area contributed by atoms with Crippen LogP contribution in [0.2, 0.25) is 0 Å². The molecule has 3 aromatic rings. The Morgan fingerprint density at radius 3 is 2.95 bits per heavy atom. The van der Waals surface area contributed by atoms with Crippen LogP contribution >= 0.6 is 11.3 Å². The van der Waals surface area contributed by atoms with E-state index in [4.69, 9.17) is 0 Å². The second kappa shape index (κ2) is 5.28. The zero-order valence-corrected chi connectivity index (χ0v) is 13.0. The first-order valence-electron chi connectivity index (χ1n) is 7.51. The van der Waals surface area contributed by atoms with Crippen molar-refractivity contribution < 1.29 is 0 Å². The maximum atomic E-state index is 4.59. The van der Waals surface area contributed by atoms with Gasteiger partial charge in [-0.1, -0.05) is 18.2 Å². The summed E-state index contributed by atoms with van der Waals surface area (Å²) in [6, 6.07) is 9.41. The Hall–Kier alpha value is -1.65. The summed E-state index contributed by atoms with van der Waals surface area (Å²) in [6.45, 7) is 3.88. The first-order valence-corrected chi connectivity index (χ1v) is 8.39. The summed E-state index contributed by atoms with van der Waals surface area (Å²) in [5, 5.41) is 8.27. The quantitative estimate of drug-likeness (QED) is 0.778. The third-order valence-electron chi connectivity index (χ3n) is 4.03. The molecule has 3 nitrogen and oxygen atoms in total. The lowest BCUT2D eigenvalue weighted by molar-refractivity contribution is 0.686. The Labute approximate surface area is 128 Å². The molecule has 2 aromatic heterocycles. The summed E-state index contributed by atoms with van der Waals surface area (Å²) in [7, 11) is 0. The van der Waals surface area contributed by atoms with E-state index in [1.54, 1.807) is 11.3 Å². The lowest BCUT2D eigenvalue weighted by Crippen LogP contribution is -2.14. The van der Waals surface area contributed by atoms with Crippen LogP contribution in [0.1, 0.15) is 29.1 Å². The van der Waals surface area contributed by atoms with Crippen molar-refractivity contribution in [1.82, 2.24) is 14.9 Å². The molecule has 2 heterocycles. The molecule has 0 atom stereocenters. The third kappa shape index (κ3) is 2.74. The Morgan fingerprint density at radius 2 is 2.19 bits per heavy atom. The Balaban J connectivity index is 1.66. The molecule has 4 heteroatoms. The second-order valence-electron chi connectivity index (χ2n) is 5.81. The van der Waals surface area contributed by atoms with E-state index in [1.165, 1.54) is 29.3 Å². The van der Waals surface area contributed by atoms with Gasteiger partial charge >= 0.3 is 0 Å². The molecule has 0 spiro atoms. The van der Waals surface area contributed by atoms with Gasteiger partial charge in [-0.15, -0.1) is 11.3 Å². The molecule has 1 fully saturated rings. The van der Waals surface area contributed by atoms with Gasteiger partial charge in [0.25, 0.3) is 0 Å². The first-order chi connectivity index (χ1) is 10.3. The van der Waals surface area contributed by atoms with Gasteiger partial charge in [-0.2, -0.15) is 0 Å². The number of fused-ring (bicyclic) bond motifs is 1. The molecule has 0 saturated heterocycles. The van der Waals surface area contributed by atoms with Crippen molar-refractivity contribution in [3.63, 3.8) is 0 Å². The Morgan fingerprint density at radius 1 is 1.33 bits per heavy atom. The number of thiazole rings is 1. The summed E-state index contributed by atoms with van der Waals surface area (Å²) in [5.41, 5.74) is 3.85. The predicted molar refractivity (Wildman–Crippen MR) is 87.8 cm³/mol. The van der Waals surface area contributed by atoms with Gasteiger partial charge in [0.05, 0.1) is 17.2 Å². The molecule has 108 valence electrons. The van der Waals surface area contributed by atoms with Crippen molar-refractivity contribution in [2.24, 2.45) is 0 Å². The number of nitrogens with zero attached hydrogens (tertiary/aromatic N) is 2.